The van der Waals surface area contributed by atoms with Crippen molar-refractivity contribution in [2.45, 2.75) is 13.3 Å². The highest BCUT2D eigenvalue weighted by molar-refractivity contribution is 6.11. The predicted molar refractivity (Wildman–Crippen MR) is 79.2 cm³/mol. The van der Waals surface area contributed by atoms with Gasteiger partial charge < -0.3 is 9.72 Å². The van der Waals surface area contributed by atoms with Crippen LogP contribution in [-0.2, 0) is 9.53 Å². The number of fused-ring (bicyclic) bond motifs is 3. The van der Waals surface area contributed by atoms with Crippen molar-refractivity contribution in [2.75, 3.05) is 6.61 Å². The first-order chi connectivity index (χ1) is 10.2. The number of ketones is 1. The Bertz CT molecular complexity index is 836. The first-order valence-electron chi connectivity index (χ1n) is 6.74. The lowest BCUT2D eigenvalue weighted by Crippen LogP contribution is -2.12. The molecule has 0 saturated carbocycles. The van der Waals surface area contributed by atoms with Gasteiger partial charge in [0.05, 0.1) is 18.3 Å². The maximum Gasteiger partial charge on any atom is 0.313 e. The number of hydrogen-bond acceptors (Lipinski definition) is 4. The molecule has 0 aliphatic rings. The molecule has 106 valence electrons. The summed E-state index contributed by atoms with van der Waals surface area (Å²) in [7, 11) is 0. The van der Waals surface area contributed by atoms with Gasteiger partial charge in [-0.15, -0.1) is 0 Å². The molecule has 0 spiro atoms. The number of hydrogen-bond donors (Lipinski definition) is 1. The lowest BCUT2D eigenvalue weighted by Gasteiger charge is -2.01. The van der Waals surface area contributed by atoms with Gasteiger partial charge in [-0.2, -0.15) is 0 Å². The van der Waals surface area contributed by atoms with Crippen LogP contribution in [-0.4, -0.2) is 28.3 Å². The van der Waals surface area contributed by atoms with Crippen molar-refractivity contribution in [3.05, 3.63) is 42.2 Å². The highest BCUT2D eigenvalue weighted by atomic mass is 16.5. The Morgan fingerprint density at radius 3 is 2.81 bits per heavy atom. The first kappa shape index (κ1) is 13.3. The van der Waals surface area contributed by atoms with Crippen LogP contribution in [0, 0.1) is 0 Å². The predicted octanol–water partition coefficient (Wildman–Crippen LogP) is 2.85. The molecule has 2 aromatic heterocycles. The van der Waals surface area contributed by atoms with Crippen molar-refractivity contribution in [1.29, 1.82) is 0 Å². The average Bonchev–Trinajstić information content (AvgIpc) is 2.85. The Balaban J connectivity index is 1.98. The van der Waals surface area contributed by atoms with Gasteiger partial charge >= 0.3 is 5.97 Å². The summed E-state index contributed by atoms with van der Waals surface area (Å²) >= 11 is 0. The van der Waals surface area contributed by atoms with E-state index in [0.29, 0.717) is 0 Å². The molecule has 0 aliphatic carbocycles. The molecule has 0 amide bonds. The van der Waals surface area contributed by atoms with E-state index in [2.05, 4.69) is 9.97 Å². The lowest BCUT2D eigenvalue weighted by molar-refractivity contribution is -0.141. The quantitative estimate of drug-likeness (QED) is 0.453. The minimum absolute atomic E-state index is 0.265. The molecule has 0 bridgehead atoms. The average molecular weight is 282 g/mol. The van der Waals surface area contributed by atoms with Crippen LogP contribution in [0.1, 0.15) is 23.8 Å². The van der Waals surface area contributed by atoms with Gasteiger partial charge in [-0.05, 0) is 19.1 Å². The number of para-hydroxylation sites is 1. The fourth-order valence-corrected chi connectivity index (χ4v) is 2.34. The molecule has 0 radical (unpaired) electrons. The van der Waals surface area contributed by atoms with Crippen LogP contribution in [0.15, 0.2) is 36.5 Å². The van der Waals surface area contributed by atoms with Crippen molar-refractivity contribution in [3.63, 3.8) is 0 Å². The number of Topliss-reactive ketones (excluding diaryl/α,β-unsaturated/α-hetero) is 1. The Morgan fingerprint density at radius 2 is 2.00 bits per heavy atom. The fourth-order valence-electron chi connectivity index (χ4n) is 2.34. The van der Waals surface area contributed by atoms with E-state index in [1.54, 1.807) is 19.2 Å². The number of aromatic nitrogens is 2. The van der Waals surface area contributed by atoms with E-state index in [-0.39, 0.29) is 24.5 Å². The van der Waals surface area contributed by atoms with Crippen molar-refractivity contribution < 1.29 is 14.3 Å². The summed E-state index contributed by atoms with van der Waals surface area (Å²) in [5, 5.41) is 1.95. The molecule has 0 unspecified atom stereocenters. The van der Waals surface area contributed by atoms with Gasteiger partial charge in [-0.25, -0.2) is 0 Å². The Hall–Kier alpha value is -2.69. The molecule has 5 heteroatoms. The second-order valence-corrected chi connectivity index (χ2v) is 4.69. The molecule has 1 N–H and O–H groups in total. The molecule has 3 rings (SSSR count). The summed E-state index contributed by atoms with van der Waals surface area (Å²) in [6.07, 6.45) is 1.34. The van der Waals surface area contributed by atoms with Gasteiger partial charge in [-0.3, -0.25) is 14.6 Å². The Kier molecular flexibility index (Phi) is 3.39. The summed E-state index contributed by atoms with van der Waals surface area (Å²) < 4.78 is 4.78. The number of ether oxygens (including phenoxy) is 1. The number of benzene rings is 1. The number of pyridine rings is 1. The third kappa shape index (κ3) is 2.50. The first-order valence-corrected chi connectivity index (χ1v) is 6.74. The molecule has 0 fully saturated rings. The molecule has 0 saturated heterocycles. The molecule has 0 aliphatic heterocycles. The van der Waals surface area contributed by atoms with E-state index in [9.17, 15) is 9.59 Å². The summed E-state index contributed by atoms with van der Waals surface area (Å²) in [5.41, 5.74) is 2.13. The van der Waals surface area contributed by atoms with Crippen molar-refractivity contribution in [3.8, 4) is 0 Å². The van der Waals surface area contributed by atoms with Gasteiger partial charge in [0, 0.05) is 16.3 Å². The molecule has 5 nitrogen and oxygen atoms in total. The van der Waals surface area contributed by atoms with Crippen LogP contribution < -0.4 is 0 Å². The maximum atomic E-state index is 12.1. The van der Waals surface area contributed by atoms with Crippen molar-refractivity contribution in [1.82, 2.24) is 9.97 Å². The minimum Gasteiger partial charge on any atom is -0.466 e. The van der Waals surface area contributed by atoms with Gasteiger partial charge in [0.1, 0.15) is 12.1 Å². The maximum absolute atomic E-state index is 12.1. The molecule has 0 atom stereocenters. The lowest BCUT2D eigenvalue weighted by atomic mass is 10.1. The number of esters is 1. The van der Waals surface area contributed by atoms with Gasteiger partial charge in [0.2, 0.25) is 0 Å². The normalized spacial score (nSPS) is 10.9. The Labute approximate surface area is 120 Å². The second-order valence-electron chi connectivity index (χ2n) is 4.69. The number of H-pyrrole nitrogens is 1. The molecular formula is C16H14N2O3. The molecule has 2 heterocycles. The van der Waals surface area contributed by atoms with E-state index in [1.807, 2.05) is 24.3 Å². The number of nitrogens with one attached hydrogen (secondary N) is 1. The molecule has 21 heavy (non-hydrogen) atoms. The monoisotopic (exact) mass is 282 g/mol. The van der Waals surface area contributed by atoms with Crippen LogP contribution in [0.4, 0.5) is 0 Å². The number of carbonyl (C=O) groups excluding carboxylic acids is 2. The zero-order chi connectivity index (χ0) is 14.8. The molecule has 1 aromatic carbocycles. The summed E-state index contributed by atoms with van der Waals surface area (Å²) in [6, 6.07) is 9.55. The summed E-state index contributed by atoms with van der Waals surface area (Å²) in [6.45, 7) is 1.97. The van der Waals surface area contributed by atoms with Crippen molar-refractivity contribution in [2.24, 2.45) is 0 Å². The SMILES string of the molecule is CCOC(=O)CC(=O)c1cc2c(cn1)[nH]c1ccccc12. The van der Waals surface area contributed by atoms with Crippen LogP contribution in [0.3, 0.4) is 0 Å². The highest BCUT2D eigenvalue weighted by Gasteiger charge is 2.15. The zero-order valence-electron chi connectivity index (χ0n) is 11.6. The van der Waals surface area contributed by atoms with E-state index < -0.39 is 5.97 Å². The largest absolute Gasteiger partial charge is 0.466 e. The smallest absolute Gasteiger partial charge is 0.313 e. The van der Waals surface area contributed by atoms with Gasteiger partial charge in [0.25, 0.3) is 0 Å². The molecule has 3 aromatic rings. The van der Waals surface area contributed by atoms with E-state index in [4.69, 9.17) is 4.74 Å². The Morgan fingerprint density at radius 1 is 1.19 bits per heavy atom. The summed E-state index contributed by atoms with van der Waals surface area (Å²) in [5.74, 6) is -0.857. The third-order valence-corrected chi connectivity index (χ3v) is 3.29. The van der Waals surface area contributed by atoms with E-state index in [0.717, 1.165) is 21.8 Å². The standard InChI is InChI=1S/C16H14N2O3/c1-2-21-16(20)8-15(19)13-7-11-10-5-3-4-6-12(10)18-14(11)9-17-13/h3-7,9,18H,2,8H2,1H3. The van der Waals surface area contributed by atoms with E-state index >= 15 is 0 Å². The number of rotatable bonds is 4. The number of carbonyl (C=O) groups is 2. The van der Waals surface area contributed by atoms with Crippen LogP contribution >= 0.6 is 0 Å². The molecular weight excluding hydrogens is 268 g/mol. The van der Waals surface area contributed by atoms with E-state index in [1.165, 1.54) is 0 Å². The van der Waals surface area contributed by atoms with Crippen LogP contribution in [0.2, 0.25) is 0 Å². The minimum atomic E-state index is -0.525. The zero-order valence-corrected chi connectivity index (χ0v) is 11.6. The van der Waals surface area contributed by atoms with Crippen molar-refractivity contribution >= 4 is 33.6 Å². The van der Waals surface area contributed by atoms with Gasteiger partial charge in [0.15, 0.2) is 5.78 Å². The van der Waals surface area contributed by atoms with Crippen LogP contribution in [0.5, 0.6) is 0 Å². The van der Waals surface area contributed by atoms with Gasteiger partial charge in [-0.1, -0.05) is 18.2 Å². The summed E-state index contributed by atoms with van der Waals surface area (Å²) in [4.78, 5) is 30.8. The highest BCUT2D eigenvalue weighted by Crippen LogP contribution is 2.25. The second kappa shape index (κ2) is 5.36. The number of aromatic amines is 1. The topological polar surface area (TPSA) is 72.1 Å². The number of nitrogens with zero attached hydrogens (tertiary/aromatic N) is 1. The van der Waals surface area contributed by atoms with Crippen LogP contribution in [0.25, 0.3) is 21.8 Å². The fraction of sp³-hybridized carbons (Fsp3) is 0.188. The third-order valence-electron chi connectivity index (χ3n) is 3.29.